The molecule has 1 unspecified atom stereocenters. The van der Waals surface area contributed by atoms with Gasteiger partial charge in [0.1, 0.15) is 5.60 Å². The van der Waals surface area contributed by atoms with E-state index in [0.717, 1.165) is 5.69 Å². The molecule has 0 amide bonds. The van der Waals surface area contributed by atoms with Gasteiger partial charge in [-0.15, -0.1) is 0 Å². The minimum Gasteiger partial charge on any atom is -0.384 e. The summed E-state index contributed by atoms with van der Waals surface area (Å²) in [5, 5.41) is 9.73. The Bertz CT molecular complexity index is 218. The Morgan fingerprint density at radius 1 is 1.55 bits per heavy atom. The first-order chi connectivity index (χ1) is 5.17. The summed E-state index contributed by atoms with van der Waals surface area (Å²) in [5.41, 5.74) is -0.0381. The predicted octanol–water partition coefficient (Wildman–Crippen LogP) is 1.70. The van der Waals surface area contributed by atoms with Gasteiger partial charge in [0, 0.05) is 6.20 Å². The lowest BCUT2D eigenvalue weighted by atomic mass is 9.99. The first-order valence-electron chi connectivity index (χ1n) is 3.80. The standard InChI is InChI=1S/C9H13NO/c1-3-9(2,11)8-6-4-5-7-10-8/h4-7,11H,3H2,1-2H3. The van der Waals surface area contributed by atoms with Crippen molar-refractivity contribution in [2.24, 2.45) is 0 Å². The molecule has 2 nitrogen and oxygen atoms in total. The second kappa shape index (κ2) is 3.01. The second-order valence-electron chi connectivity index (χ2n) is 2.84. The van der Waals surface area contributed by atoms with Gasteiger partial charge in [-0.2, -0.15) is 0 Å². The molecule has 1 heterocycles. The number of pyridine rings is 1. The number of aliphatic hydroxyl groups is 1. The molecule has 0 aromatic carbocycles. The third kappa shape index (κ3) is 1.77. The number of nitrogens with zero attached hydrogens (tertiary/aromatic N) is 1. The van der Waals surface area contributed by atoms with Crippen LogP contribution in [0.4, 0.5) is 0 Å². The molecule has 1 rings (SSSR count). The molecule has 0 aliphatic carbocycles. The van der Waals surface area contributed by atoms with Crippen molar-refractivity contribution < 1.29 is 5.11 Å². The van der Waals surface area contributed by atoms with Crippen molar-refractivity contribution in [2.75, 3.05) is 0 Å². The van der Waals surface area contributed by atoms with Crippen LogP contribution in [-0.2, 0) is 5.60 Å². The van der Waals surface area contributed by atoms with Crippen LogP contribution in [-0.4, -0.2) is 10.1 Å². The molecule has 1 aromatic rings. The zero-order valence-electron chi connectivity index (χ0n) is 6.91. The Morgan fingerprint density at radius 2 is 2.27 bits per heavy atom. The van der Waals surface area contributed by atoms with Gasteiger partial charge in [0.15, 0.2) is 0 Å². The Kier molecular flexibility index (Phi) is 2.25. The highest BCUT2D eigenvalue weighted by atomic mass is 16.3. The molecule has 0 aliphatic rings. The van der Waals surface area contributed by atoms with Gasteiger partial charge < -0.3 is 5.11 Å². The molecule has 60 valence electrons. The first kappa shape index (κ1) is 8.21. The summed E-state index contributed by atoms with van der Waals surface area (Å²) in [6, 6.07) is 5.56. The topological polar surface area (TPSA) is 33.1 Å². The van der Waals surface area contributed by atoms with Crippen molar-refractivity contribution in [3.05, 3.63) is 30.1 Å². The summed E-state index contributed by atoms with van der Waals surface area (Å²) in [7, 11) is 0. The Hall–Kier alpha value is -0.890. The maximum atomic E-state index is 9.73. The number of aromatic nitrogens is 1. The maximum absolute atomic E-state index is 9.73. The molecular weight excluding hydrogens is 138 g/mol. The van der Waals surface area contributed by atoms with Gasteiger partial charge in [-0.25, -0.2) is 0 Å². The van der Waals surface area contributed by atoms with E-state index in [1.165, 1.54) is 0 Å². The summed E-state index contributed by atoms with van der Waals surface area (Å²) in [6.07, 6.45) is 2.38. The Balaban J connectivity index is 2.93. The van der Waals surface area contributed by atoms with E-state index in [4.69, 9.17) is 0 Å². The summed E-state index contributed by atoms with van der Waals surface area (Å²) in [4.78, 5) is 4.07. The molecule has 1 atom stereocenters. The van der Waals surface area contributed by atoms with Crippen LogP contribution in [0.2, 0.25) is 0 Å². The molecule has 0 radical (unpaired) electrons. The summed E-state index contributed by atoms with van der Waals surface area (Å²) in [5.74, 6) is 0. The average Bonchev–Trinajstić information content (AvgIpc) is 2.06. The van der Waals surface area contributed by atoms with E-state index in [1.807, 2.05) is 25.1 Å². The van der Waals surface area contributed by atoms with E-state index < -0.39 is 5.60 Å². The summed E-state index contributed by atoms with van der Waals surface area (Å²) >= 11 is 0. The summed E-state index contributed by atoms with van der Waals surface area (Å²) in [6.45, 7) is 3.71. The summed E-state index contributed by atoms with van der Waals surface area (Å²) < 4.78 is 0. The van der Waals surface area contributed by atoms with E-state index in [1.54, 1.807) is 13.1 Å². The van der Waals surface area contributed by atoms with Gasteiger partial charge in [-0.1, -0.05) is 13.0 Å². The minimum absolute atomic E-state index is 0.685. The van der Waals surface area contributed by atoms with Crippen LogP contribution in [0.3, 0.4) is 0 Å². The molecule has 0 fully saturated rings. The molecule has 0 saturated heterocycles. The van der Waals surface area contributed by atoms with Gasteiger partial charge in [0.05, 0.1) is 5.69 Å². The van der Waals surface area contributed by atoms with E-state index >= 15 is 0 Å². The highest BCUT2D eigenvalue weighted by Gasteiger charge is 2.20. The van der Waals surface area contributed by atoms with Gasteiger partial charge >= 0.3 is 0 Å². The van der Waals surface area contributed by atoms with E-state index in [-0.39, 0.29) is 0 Å². The fourth-order valence-corrected chi connectivity index (χ4v) is 0.862. The minimum atomic E-state index is -0.777. The lowest BCUT2D eigenvalue weighted by Crippen LogP contribution is -2.20. The van der Waals surface area contributed by atoms with E-state index in [9.17, 15) is 5.11 Å². The largest absolute Gasteiger partial charge is 0.384 e. The molecule has 1 aromatic heterocycles. The normalized spacial score (nSPS) is 15.9. The fourth-order valence-electron chi connectivity index (χ4n) is 0.862. The molecule has 0 spiro atoms. The van der Waals surface area contributed by atoms with Crippen LogP contribution < -0.4 is 0 Å². The van der Waals surface area contributed by atoms with Crippen molar-refractivity contribution in [3.8, 4) is 0 Å². The van der Waals surface area contributed by atoms with Gasteiger partial charge in [-0.05, 0) is 25.5 Å². The monoisotopic (exact) mass is 151 g/mol. The number of hydrogen-bond donors (Lipinski definition) is 1. The van der Waals surface area contributed by atoms with Crippen molar-refractivity contribution in [1.82, 2.24) is 4.98 Å². The van der Waals surface area contributed by atoms with Crippen molar-refractivity contribution in [3.63, 3.8) is 0 Å². The van der Waals surface area contributed by atoms with Crippen LogP contribution >= 0.6 is 0 Å². The first-order valence-corrected chi connectivity index (χ1v) is 3.80. The average molecular weight is 151 g/mol. The zero-order valence-corrected chi connectivity index (χ0v) is 6.91. The highest BCUT2D eigenvalue weighted by Crippen LogP contribution is 2.20. The van der Waals surface area contributed by atoms with Gasteiger partial charge in [-0.3, -0.25) is 4.98 Å². The van der Waals surface area contributed by atoms with Crippen LogP contribution in [0.25, 0.3) is 0 Å². The van der Waals surface area contributed by atoms with Crippen LogP contribution in [0, 0.1) is 0 Å². The third-order valence-electron chi connectivity index (χ3n) is 1.91. The van der Waals surface area contributed by atoms with E-state index in [2.05, 4.69) is 4.98 Å². The van der Waals surface area contributed by atoms with Crippen molar-refractivity contribution in [1.29, 1.82) is 0 Å². The van der Waals surface area contributed by atoms with Crippen molar-refractivity contribution in [2.45, 2.75) is 25.9 Å². The zero-order chi connectivity index (χ0) is 8.32. The Labute approximate surface area is 66.9 Å². The number of rotatable bonds is 2. The molecular formula is C9H13NO. The highest BCUT2D eigenvalue weighted by molar-refractivity contribution is 5.10. The van der Waals surface area contributed by atoms with Gasteiger partial charge in [0.2, 0.25) is 0 Å². The molecule has 0 saturated carbocycles. The molecule has 1 N–H and O–H groups in total. The van der Waals surface area contributed by atoms with Crippen molar-refractivity contribution >= 4 is 0 Å². The number of hydrogen-bond acceptors (Lipinski definition) is 2. The molecule has 0 bridgehead atoms. The molecule has 2 heteroatoms. The SMILES string of the molecule is CCC(C)(O)c1ccccn1. The smallest absolute Gasteiger partial charge is 0.103 e. The van der Waals surface area contributed by atoms with Crippen LogP contribution in [0.5, 0.6) is 0 Å². The van der Waals surface area contributed by atoms with Crippen LogP contribution in [0.15, 0.2) is 24.4 Å². The second-order valence-corrected chi connectivity index (χ2v) is 2.84. The maximum Gasteiger partial charge on any atom is 0.103 e. The van der Waals surface area contributed by atoms with E-state index in [0.29, 0.717) is 6.42 Å². The predicted molar refractivity (Wildman–Crippen MR) is 44.1 cm³/mol. The van der Waals surface area contributed by atoms with Gasteiger partial charge in [0.25, 0.3) is 0 Å². The fraction of sp³-hybridized carbons (Fsp3) is 0.444. The molecule has 0 aliphatic heterocycles. The van der Waals surface area contributed by atoms with Crippen LogP contribution in [0.1, 0.15) is 26.0 Å². The third-order valence-corrected chi connectivity index (χ3v) is 1.91. The Morgan fingerprint density at radius 3 is 2.73 bits per heavy atom. The lowest BCUT2D eigenvalue weighted by molar-refractivity contribution is 0.0485. The quantitative estimate of drug-likeness (QED) is 0.697. The lowest BCUT2D eigenvalue weighted by Gasteiger charge is -2.19. The molecule has 11 heavy (non-hydrogen) atoms.